The molecule has 2 rings (SSSR count). The van der Waals surface area contributed by atoms with Crippen molar-refractivity contribution in [3.63, 3.8) is 0 Å². The predicted octanol–water partition coefficient (Wildman–Crippen LogP) is 2.65. The summed E-state index contributed by atoms with van der Waals surface area (Å²) >= 11 is 1.72. The van der Waals surface area contributed by atoms with E-state index in [-0.39, 0.29) is 24.2 Å². The van der Waals surface area contributed by atoms with Crippen molar-refractivity contribution in [2.45, 2.75) is 43.4 Å². The second-order valence-electron chi connectivity index (χ2n) is 5.44. The van der Waals surface area contributed by atoms with Gasteiger partial charge in [-0.15, -0.1) is 11.8 Å². The summed E-state index contributed by atoms with van der Waals surface area (Å²) in [7, 11) is 1.69. The molecule has 1 heterocycles. The predicted molar refractivity (Wildman–Crippen MR) is 86.4 cm³/mol. The van der Waals surface area contributed by atoms with Crippen molar-refractivity contribution in [1.29, 1.82) is 0 Å². The maximum atomic E-state index is 12.4. The smallest absolute Gasteiger partial charge is 0.241 e. The number of benzene rings is 1. The molecular weight excluding hydrogens is 284 g/mol. The lowest BCUT2D eigenvalue weighted by molar-refractivity contribution is -0.132. The number of ether oxygens (including phenoxy) is 1. The summed E-state index contributed by atoms with van der Waals surface area (Å²) in [6.45, 7) is 4.67. The van der Waals surface area contributed by atoms with Crippen LogP contribution in [0.25, 0.3) is 0 Å². The van der Waals surface area contributed by atoms with E-state index in [9.17, 15) is 4.79 Å². The summed E-state index contributed by atoms with van der Waals surface area (Å²) in [4.78, 5) is 15.6. The lowest BCUT2D eigenvalue weighted by Gasteiger charge is -2.30. The van der Waals surface area contributed by atoms with Crippen LogP contribution in [0.2, 0.25) is 0 Å². The monoisotopic (exact) mass is 308 g/mol. The van der Waals surface area contributed by atoms with Gasteiger partial charge < -0.3 is 9.64 Å². The SMILES string of the molecule is COCCC(C)N1C(=O)C(C)NC1c1ccc(SC)cc1. The minimum absolute atomic E-state index is 0.0461. The van der Waals surface area contributed by atoms with E-state index in [0.29, 0.717) is 6.61 Å². The number of carbonyl (C=O) groups is 1. The van der Waals surface area contributed by atoms with Crippen molar-refractivity contribution in [3.8, 4) is 0 Å². The number of methoxy groups -OCH3 is 1. The Bertz CT molecular complexity index is 478. The van der Waals surface area contributed by atoms with Gasteiger partial charge in [-0.3, -0.25) is 10.1 Å². The van der Waals surface area contributed by atoms with Crippen LogP contribution in [0.3, 0.4) is 0 Å². The van der Waals surface area contributed by atoms with Gasteiger partial charge in [0.15, 0.2) is 0 Å². The highest BCUT2D eigenvalue weighted by Gasteiger charge is 2.39. The van der Waals surface area contributed by atoms with Crippen molar-refractivity contribution >= 4 is 17.7 Å². The average Bonchev–Trinajstić information content (AvgIpc) is 2.80. The van der Waals surface area contributed by atoms with Crippen LogP contribution in [-0.2, 0) is 9.53 Å². The summed E-state index contributed by atoms with van der Waals surface area (Å²) in [5.74, 6) is 0.164. The maximum Gasteiger partial charge on any atom is 0.241 e. The van der Waals surface area contributed by atoms with Gasteiger partial charge in [-0.1, -0.05) is 12.1 Å². The van der Waals surface area contributed by atoms with E-state index in [2.05, 4.69) is 42.8 Å². The molecule has 1 aliphatic heterocycles. The van der Waals surface area contributed by atoms with E-state index < -0.39 is 0 Å². The fourth-order valence-corrected chi connectivity index (χ4v) is 3.09. The molecule has 1 fully saturated rings. The zero-order valence-corrected chi connectivity index (χ0v) is 13.9. The van der Waals surface area contributed by atoms with Crippen LogP contribution in [0.5, 0.6) is 0 Å². The van der Waals surface area contributed by atoms with Crippen LogP contribution >= 0.6 is 11.8 Å². The van der Waals surface area contributed by atoms with E-state index in [1.54, 1.807) is 18.9 Å². The number of rotatable bonds is 6. The highest BCUT2D eigenvalue weighted by Crippen LogP contribution is 2.29. The molecular formula is C16H24N2O2S. The molecule has 1 aliphatic rings. The molecule has 1 amide bonds. The summed E-state index contributed by atoms with van der Waals surface area (Å²) < 4.78 is 5.14. The third-order valence-corrected chi connectivity index (χ3v) is 4.70. The first-order valence-corrected chi connectivity index (χ1v) is 8.52. The van der Waals surface area contributed by atoms with Crippen molar-refractivity contribution in [2.24, 2.45) is 0 Å². The third kappa shape index (κ3) is 3.59. The fraction of sp³-hybridized carbons (Fsp3) is 0.562. The van der Waals surface area contributed by atoms with Gasteiger partial charge in [0.25, 0.3) is 0 Å². The van der Waals surface area contributed by atoms with Gasteiger partial charge in [-0.05, 0) is 44.2 Å². The van der Waals surface area contributed by atoms with Crippen LogP contribution in [0.4, 0.5) is 0 Å². The number of hydrogen-bond donors (Lipinski definition) is 1. The first-order valence-electron chi connectivity index (χ1n) is 7.29. The van der Waals surface area contributed by atoms with E-state index in [4.69, 9.17) is 4.74 Å². The normalized spacial score (nSPS) is 23.6. The Kier molecular flexibility index (Phi) is 5.67. The van der Waals surface area contributed by atoms with E-state index in [1.165, 1.54) is 4.90 Å². The molecule has 21 heavy (non-hydrogen) atoms. The summed E-state index contributed by atoms with van der Waals surface area (Å²) in [5.41, 5.74) is 1.13. The number of nitrogens with one attached hydrogen (secondary N) is 1. The lowest BCUT2D eigenvalue weighted by Crippen LogP contribution is -2.38. The largest absolute Gasteiger partial charge is 0.385 e. The first-order chi connectivity index (χ1) is 10.1. The topological polar surface area (TPSA) is 41.6 Å². The minimum Gasteiger partial charge on any atom is -0.385 e. The Balaban J connectivity index is 2.20. The maximum absolute atomic E-state index is 12.4. The second kappa shape index (κ2) is 7.29. The van der Waals surface area contributed by atoms with Gasteiger partial charge in [-0.2, -0.15) is 0 Å². The molecule has 0 spiro atoms. The second-order valence-corrected chi connectivity index (χ2v) is 6.32. The molecule has 4 nitrogen and oxygen atoms in total. The molecule has 3 atom stereocenters. The Morgan fingerprint density at radius 2 is 2.05 bits per heavy atom. The van der Waals surface area contributed by atoms with Crippen LogP contribution < -0.4 is 5.32 Å². The molecule has 0 saturated carbocycles. The van der Waals surface area contributed by atoms with Gasteiger partial charge in [-0.25, -0.2) is 0 Å². The molecule has 0 bridgehead atoms. The van der Waals surface area contributed by atoms with E-state index in [1.807, 2.05) is 11.8 Å². The Morgan fingerprint density at radius 1 is 1.38 bits per heavy atom. The number of nitrogens with zero attached hydrogens (tertiary/aromatic N) is 1. The molecule has 0 aliphatic carbocycles. The summed E-state index contributed by atoms with van der Waals surface area (Å²) in [5, 5.41) is 3.39. The number of carbonyl (C=O) groups excluding carboxylic acids is 1. The summed E-state index contributed by atoms with van der Waals surface area (Å²) in [6.07, 6.45) is 2.86. The molecule has 1 aromatic rings. The standard InChI is InChI=1S/C16H24N2O2S/c1-11(9-10-20-3)18-15(17-12(2)16(18)19)13-5-7-14(21-4)8-6-13/h5-8,11-12,15,17H,9-10H2,1-4H3. The first kappa shape index (κ1) is 16.3. The third-order valence-electron chi connectivity index (χ3n) is 3.96. The highest BCUT2D eigenvalue weighted by molar-refractivity contribution is 7.98. The Morgan fingerprint density at radius 3 is 2.62 bits per heavy atom. The van der Waals surface area contributed by atoms with Gasteiger partial charge >= 0.3 is 0 Å². The number of amides is 1. The summed E-state index contributed by atoms with van der Waals surface area (Å²) in [6, 6.07) is 8.43. The zero-order chi connectivity index (χ0) is 15.4. The van der Waals surface area contributed by atoms with Gasteiger partial charge in [0.05, 0.1) is 6.04 Å². The molecule has 3 unspecified atom stereocenters. The number of thioether (sulfide) groups is 1. The van der Waals surface area contributed by atoms with Crippen molar-refractivity contribution < 1.29 is 9.53 Å². The minimum atomic E-state index is -0.139. The van der Waals surface area contributed by atoms with Gasteiger partial charge in [0, 0.05) is 24.7 Å². The molecule has 0 aromatic heterocycles. The molecule has 5 heteroatoms. The Labute approximate surface area is 131 Å². The van der Waals surface area contributed by atoms with Crippen LogP contribution in [-0.4, -0.2) is 42.9 Å². The van der Waals surface area contributed by atoms with Crippen molar-refractivity contribution in [3.05, 3.63) is 29.8 Å². The molecule has 1 saturated heterocycles. The van der Waals surface area contributed by atoms with Gasteiger partial charge in [0.2, 0.25) is 5.91 Å². The quantitative estimate of drug-likeness (QED) is 0.820. The zero-order valence-electron chi connectivity index (χ0n) is 13.1. The molecule has 116 valence electrons. The molecule has 1 N–H and O–H groups in total. The van der Waals surface area contributed by atoms with Crippen LogP contribution in [0.1, 0.15) is 32.0 Å². The van der Waals surface area contributed by atoms with E-state index >= 15 is 0 Å². The van der Waals surface area contributed by atoms with Gasteiger partial charge in [0.1, 0.15) is 6.17 Å². The van der Waals surface area contributed by atoms with E-state index in [0.717, 1.165) is 12.0 Å². The molecule has 0 radical (unpaired) electrons. The van der Waals surface area contributed by atoms with Crippen molar-refractivity contribution in [1.82, 2.24) is 10.2 Å². The van der Waals surface area contributed by atoms with Crippen LogP contribution in [0, 0.1) is 0 Å². The average molecular weight is 308 g/mol. The van der Waals surface area contributed by atoms with Crippen molar-refractivity contribution in [2.75, 3.05) is 20.0 Å². The fourth-order valence-electron chi connectivity index (χ4n) is 2.68. The number of hydrogen-bond acceptors (Lipinski definition) is 4. The highest BCUT2D eigenvalue weighted by atomic mass is 32.2. The van der Waals surface area contributed by atoms with Crippen LogP contribution in [0.15, 0.2) is 29.2 Å². The Hall–Kier alpha value is -1.04. The molecule has 1 aromatic carbocycles. The lowest BCUT2D eigenvalue weighted by atomic mass is 10.1.